The van der Waals surface area contributed by atoms with E-state index in [0.29, 0.717) is 35.7 Å². The lowest BCUT2D eigenvalue weighted by Crippen LogP contribution is -2.43. The third-order valence-electron chi connectivity index (χ3n) is 3.23. The van der Waals surface area contributed by atoms with Crippen molar-refractivity contribution < 1.29 is 18.7 Å². The largest absolute Gasteiger partial charge is 0.604 e. The summed E-state index contributed by atoms with van der Waals surface area (Å²) in [5.41, 5.74) is 0.968. The number of halogens is 1. The minimum absolute atomic E-state index is 0.179. The molecule has 0 bridgehead atoms. The second-order valence-corrected chi connectivity index (χ2v) is 6.91. The molecule has 22 heavy (non-hydrogen) atoms. The van der Waals surface area contributed by atoms with Crippen LogP contribution in [-0.2, 0) is 13.8 Å². The summed E-state index contributed by atoms with van der Waals surface area (Å²) in [6, 6.07) is 8.75. The number of para-hydroxylation sites is 1. The number of allylic oxidation sites excluding steroid dienone is 1. The smallest absolute Gasteiger partial charge is 0.396 e. The van der Waals surface area contributed by atoms with Gasteiger partial charge in [0.05, 0.1) is 17.9 Å². The number of carbonyl (C=O) groups is 1. The van der Waals surface area contributed by atoms with Crippen LogP contribution in [0.15, 0.2) is 41.7 Å². The predicted molar refractivity (Wildman–Crippen MR) is 86.2 cm³/mol. The van der Waals surface area contributed by atoms with Gasteiger partial charge in [-0.2, -0.15) is 4.52 Å². The fourth-order valence-corrected chi connectivity index (χ4v) is 4.19. The molecule has 0 saturated heterocycles. The molecular formula is C15H19ClNO4P. The van der Waals surface area contributed by atoms with E-state index in [1.54, 1.807) is 38.1 Å². The summed E-state index contributed by atoms with van der Waals surface area (Å²) in [5.74, 6) is 0.439. The molecule has 5 nitrogen and oxygen atoms in total. The number of alkyl halides is 1. The summed E-state index contributed by atoms with van der Waals surface area (Å²) in [6.07, 6.45) is 1.12. The zero-order chi connectivity index (χ0) is 16.2. The number of carbonyl (C=O) groups excluding carboxylic acids is 1. The molecule has 7 heteroatoms. The lowest BCUT2D eigenvalue weighted by Gasteiger charge is -2.39. The van der Waals surface area contributed by atoms with Crippen molar-refractivity contribution in [2.75, 3.05) is 17.2 Å². The summed E-state index contributed by atoms with van der Waals surface area (Å²) < 4.78 is 12.0. The Morgan fingerprint density at radius 1 is 1.36 bits per heavy atom. The highest BCUT2D eigenvalue weighted by Crippen LogP contribution is 2.62. The molecule has 1 unspecified atom stereocenters. The van der Waals surface area contributed by atoms with Crippen LogP contribution in [0.2, 0.25) is 0 Å². The van der Waals surface area contributed by atoms with Crippen LogP contribution in [0, 0.1) is 0 Å². The van der Waals surface area contributed by atoms with Gasteiger partial charge in [0.15, 0.2) is 5.76 Å². The number of hydrogen-bond acceptors (Lipinski definition) is 4. The third kappa shape index (κ3) is 3.44. The van der Waals surface area contributed by atoms with E-state index in [2.05, 4.69) is 0 Å². The van der Waals surface area contributed by atoms with Crippen molar-refractivity contribution in [2.24, 2.45) is 0 Å². The molecule has 120 valence electrons. The van der Waals surface area contributed by atoms with Gasteiger partial charge in [-0.25, -0.2) is 0 Å². The average Bonchev–Trinajstić information content (AvgIpc) is 2.48. The van der Waals surface area contributed by atoms with Gasteiger partial charge >= 0.3 is 8.09 Å². The molecule has 0 aromatic heterocycles. The van der Waals surface area contributed by atoms with E-state index in [1.165, 1.54) is 0 Å². The van der Waals surface area contributed by atoms with E-state index in [9.17, 15) is 9.69 Å². The Balaban J connectivity index is 2.44. The van der Waals surface area contributed by atoms with Crippen LogP contribution in [0.5, 0.6) is 0 Å². The van der Waals surface area contributed by atoms with Crippen LogP contribution in [0.4, 0.5) is 5.69 Å². The standard InChI is InChI=1S/C15H19ClNO4P/c1-3-20-22(19)17(13-8-5-4-6-9-13)15(18)14(10-7-11-16)12(2)21-22/h4-6,8-9H,3,7,10-11H2,1-2H3. The second-order valence-electron chi connectivity index (χ2n) is 4.76. The molecule has 1 atom stereocenters. The lowest BCUT2D eigenvalue weighted by molar-refractivity contribution is -0.216. The monoisotopic (exact) mass is 343 g/mol. The molecule has 0 saturated carbocycles. The van der Waals surface area contributed by atoms with E-state index in [4.69, 9.17) is 20.6 Å². The molecule has 1 aromatic rings. The third-order valence-corrected chi connectivity index (χ3v) is 5.48. The topological polar surface area (TPSA) is 61.8 Å². The van der Waals surface area contributed by atoms with Crippen molar-refractivity contribution in [2.45, 2.75) is 26.7 Å². The summed E-state index contributed by atoms with van der Waals surface area (Å²) in [7, 11) is -3.73. The van der Waals surface area contributed by atoms with E-state index >= 15 is 0 Å². The Bertz CT molecular complexity index is 566. The van der Waals surface area contributed by atoms with Gasteiger partial charge in [-0.3, -0.25) is 4.79 Å². The fraction of sp³-hybridized carbons (Fsp3) is 0.400. The van der Waals surface area contributed by atoms with Crippen molar-refractivity contribution in [3.05, 3.63) is 41.7 Å². The molecule has 0 fully saturated rings. The summed E-state index contributed by atoms with van der Waals surface area (Å²) >= 11 is 5.71. The van der Waals surface area contributed by atoms with Crippen LogP contribution < -0.4 is 9.56 Å². The lowest BCUT2D eigenvalue weighted by atomic mass is 10.1. The summed E-state index contributed by atoms with van der Waals surface area (Å²) in [6.45, 7) is 3.52. The maximum Gasteiger partial charge on any atom is 0.396 e. The molecule has 1 aliphatic rings. The number of nitrogens with zero attached hydrogens (tertiary/aromatic N) is 1. The highest BCUT2D eigenvalue weighted by atomic mass is 35.5. The maximum absolute atomic E-state index is 13.0. The van der Waals surface area contributed by atoms with Crippen LogP contribution in [0.1, 0.15) is 26.7 Å². The molecular weight excluding hydrogens is 325 g/mol. The fourth-order valence-electron chi connectivity index (χ4n) is 2.26. The first-order valence-corrected chi connectivity index (χ1v) is 9.16. The molecule has 0 radical (unpaired) electrons. The van der Waals surface area contributed by atoms with Crippen LogP contribution in [-0.4, -0.2) is 18.4 Å². The van der Waals surface area contributed by atoms with E-state index in [-0.39, 0.29) is 12.5 Å². The van der Waals surface area contributed by atoms with Gasteiger partial charge in [0, 0.05) is 5.88 Å². The van der Waals surface area contributed by atoms with E-state index < -0.39 is 8.09 Å². The first-order chi connectivity index (χ1) is 10.5. The van der Waals surface area contributed by atoms with Crippen LogP contribution >= 0.6 is 19.7 Å². The molecule has 2 rings (SSSR count). The van der Waals surface area contributed by atoms with Crippen molar-refractivity contribution in [1.82, 2.24) is 0 Å². The van der Waals surface area contributed by atoms with Gasteiger partial charge in [0.25, 0.3) is 5.91 Å². The molecule has 1 heterocycles. The maximum atomic E-state index is 13.0. The number of rotatable bonds is 6. The molecule has 0 spiro atoms. The van der Waals surface area contributed by atoms with Crippen molar-refractivity contribution in [3.8, 4) is 0 Å². The number of anilines is 1. The average molecular weight is 344 g/mol. The molecule has 1 aromatic carbocycles. The normalized spacial score (nSPS) is 22.0. The van der Waals surface area contributed by atoms with Crippen LogP contribution in [0.25, 0.3) is 0 Å². The molecule has 0 aliphatic carbocycles. The minimum atomic E-state index is -3.73. The Hall–Kier alpha value is -1.13. The molecule has 1 aliphatic heterocycles. The van der Waals surface area contributed by atoms with Crippen molar-refractivity contribution in [3.63, 3.8) is 0 Å². The first-order valence-electron chi connectivity index (χ1n) is 7.13. The highest BCUT2D eigenvalue weighted by Gasteiger charge is 2.50. The summed E-state index contributed by atoms with van der Waals surface area (Å²) in [5, 5.41) is 0. The molecule has 1 amide bonds. The molecule has 0 N–H and O–H groups in total. The minimum Gasteiger partial charge on any atom is -0.604 e. The zero-order valence-corrected chi connectivity index (χ0v) is 14.3. The zero-order valence-electron chi connectivity index (χ0n) is 12.6. The van der Waals surface area contributed by atoms with Crippen LogP contribution in [0.3, 0.4) is 0 Å². The Labute approximate surface area is 136 Å². The second kappa shape index (κ2) is 7.42. The summed E-state index contributed by atoms with van der Waals surface area (Å²) in [4.78, 5) is 25.8. The van der Waals surface area contributed by atoms with Crippen molar-refractivity contribution >= 4 is 31.3 Å². The van der Waals surface area contributed by atoms with Crippen molar-refractivity contribution in [1.29, 1.82) is 0 Å². The van der Waals surface area contributed by atoms with Gasteiger partial charge in [0.2, 0.25) is 0 Å². The Kier molecular flexibility index (Phi) is 5.81. The Morgan fingerprint density at radius 2 is 2.05 bits per heavy atom. The van der Waals surface area contributed by atoms with Gasteiger partial charge in [-0.15, -0.1) is 16.3 Å². The highest BCUT2D eigenvalue weighted by molar-refractivity contribution is 7.62. The van der Waals surface area contributed by atoms with E-state index in [0.717, 1.165) is 4.67 Å². The number of hydrogen-bond donors (Lipinski definition) is 0. The van der Waals surface area contributed by atoms with Gasteiger partial charge in [-0.05, 0) is 38.8 Å². The van der Waals surface area contributed by atoms with Gasteiger partial charge in [0.1, 0.15) is 0 Å². The Morgan fingerprint density at radius 3 is 2.64 bits per heavy atom. The quantitative estimate of drug-likeness (QED) is 0.586. The first kappa shape index (κ1) is 17.2. The van der Waals surface area contributed by atoms with Gasteiger partial charge in [-0.1, -0.05) is 18.2 Å². The SMILES string of the molecule is CCO[P+]1([O-])OC(C)=C(CCCCl)C(=O)N1c1ccccc1. The number of benzene rings is 1. The number of amides is 1. The van der Waals surface area contributed by atoms with E-state index in [1.807, 2.05) is 6.07 Å². The predicted octanol–water partition coefficient (Wildman–Crippen LogP) is 3.42. The van der Waals surface area contributed by atoms with Gasteiger partial charge < -0.3 is 9.42 Å².